The average molecular weight is 352 g/mol. The van der Waals surface area contributed by atoms with Gasteiger partial charge in [0.1, 0.15) is 0 Å². The van der Waals surface area contributed by atoms with Crippen LogP contribution in [-0.2, 0) is 4.74 Å². The summed E-state index contributed by atoms with van der Waals surface area (Å²) in [5.74, 6) is 1.39. The number of rotatable bonds is 8. The molecule has 2 rings (SSSR count). The number of methoxy groups -OCH3 is 3. The number of hydrogen-bond acceptors (Lipinski definition) is 6. The molecule has 7 heteroatoms. The fourth-order valence-electron chi connectivity index (χ4n) is 2.95. The Hall–Kier alpha value is -1.99. The molecule has 0 aliphatic carbocycles. The third-order valence-corrected chi connectivity index (χ3v) is 4.34. The van der Waals surface area contributed by atoms with Crippen molar-refractivity contribution in [3.8, 4) is 17.2 Å². The topological polar surface area (TPSA) is 83.2 Å². The first kappa shape index (κ1) is 19.3. The lowest BCUT2D eigenvalue weighted by molar-refractivity contribution is 0.00843. The van der Waals surface area contributed by atoms with Crippen molar-refractivity contribution in [3.63, 3.8) is 0 Å². The molecule has 0 spiro atoms. The molecule has 1 aromatic rings. The van der Waals surface area contributed by atoms with E-state index in [1.165, 1.54) is 21.3 Å². The number of nitrogens with zero attached hydrogens (tertiary/aromatic N) is 1. The van der Waals surface area contributed by atoms with E-state index in [-0.39, 0.29) is 12.0 Å². The van der Waals surface area contributed by atoms with E-state index in [9.17, 15) is 4.79 Å². The van der Waals surface area contributed by atoms with Gasteiger partial charge in [-0.15, -0.1) is 0 Å². The highest BCUT2D eigenvalue weighted by atomic mass is 16.5. The smallest absolute Gasteiger partial charge is 0.254 e. The number of ether oxygens (including phenoxy) is 4. The monoisotopic (exact) mass is 352 g/mol. The summed E-state index contributed by atoms with van der Waals surface area (Å²) in [7, 11) is 4.61. The zero-order chi connectivity index (χ0) is 18.2. The maximum Gasteiger partial charge on any atom is 0.254 e. The average Bonchev–Trinajstić information content (AvgIpc) is 2.66. The van der Waals surface area contributed by atoms with E-state index in [2.05, 4.69) is 0 Å². The zero-order valence-electron chi connectivity index (χ0n) is 15.2. The van der Waals surface area contributed by atoms with Crippen molar-refractivity contribution in [1.29, 1.82) is 0 Å². The normalized spacial score (nSPS) is 15.1. The summed E-state index contributed by atoms with van der Waals surface area (Å²) >= 11 is 0. The van der Waals surface area contributed by atoms with Gasteiger partial charge in [0, 0.05) is 25.3 Å². The highest BCUT2D eigenvalue weighted by molar-refractivity contribution is 5.95. The van der Waals surface area contributed by atoms with Gasteiger partial charge < -0.3 is 29.6 Å². The quantitative estimate of drug-likeness (QED) is 0.717. The molecule has 1 saturated heterocycles. The number of benzene rings is 1. The highest BCUT2D eigenvalue weighted by Gasteiger charge is 2.26. The Morgan fingerprint density at radius 2 is 1.72 bits per heavy atom. The van der Waals surface area contributed by atoms with E-state index in [4.69, 9.17) is 24.7 Å². The molecule has 1 fully saturated rings. The molecule has 140 valence electrons. The summed E-state index contributed by atoms with van der Waals surface area (Å²) in [5, 5.41) is 0. The van der Waals surface area contributed by atoms with Gasteiger partial charge in [-0.3, -0.25) is 4.79 Å². The minimum atomic E-state index is -0.0420. The van der Waals surface area contributed by atoms with Gasteiger partial charge >= 0.3 is 0 Å². The fourth-order valence-corrected chi connectivity index (χ4v) is 2.95. The summed E-state index contributed by atoms with van der Waals surface area (Å²) in [6.45, 7) is 2.66. The Labute approximate surface area is 149 Å². The van der Waals surface area contributed by atoms with Crippen LogP contribution in [0.4, 0.5) is 0 Å². The number of hydrogen-bond donors (Lipinski definition) is 1. The van der Waals surface area contributed by atoms with Crippen LogP contribution in [-0.4, -0.2) is 64.5 Å². The molecule has 0 unspecified atom stereocenters. The Morgan fingerprint density at radius 3 is 2.20 bits per heavy atom. The number of amides is 1. The van der Waals surface area contributed by atoms with Crippen LogP contribution in [0.25, 0.3) is 0 Å². The predicted octanol–water partition coefficient (Wildman–Crippen LogP) is 1.68. The van der Waals surface area contributed by atoms with Gasteiger partial charge in [0.15, 0.2) is 11.5 Å². The molecular formula is C18H28N2O5. The lowest BCUT2D eigenvalue weighted by Crippen LogP contribution is -2.41. The summed E-state index contributed by atoms with van der Waals surface area (Å²) in [6, 6.07) is 3.38. The third-order valence-electron chi connectivity index (χ3n) is 4.34. The summed E-state index contributed by atoms with van der Waals surface area (Å²) in [4.78, 5) is 14.7. The number of likely N-dealkylation sites (tertiary alicyclic amines) is 1. The first-order chi connectivity index (χ1) is 12.1. The van der Waals surface area contributed by atoms with Crippen LogP contribution >= 0.6 is 0 Å². The van der Waals surface area contributed by atoms with Crippen molar-refractivity contribution in [3.05, 3.63) is 17.7 Å². The molecule has 0 atom stereocenters. The second-order valence-corrected chi connectivity index (χ2v) is 5.92. The first-order valence-corrected chi connectivity index (χ1v) is 8.55. The van der Waals surface area contributed by atoms with E-state index in [0.717, 1.165) is 19.3 Å². The Bertz CT molecular complexity index is 546. The maximum absolute atomic E-state index is 12.8. The Balaban J connectivity index is 2.04. The van der Waals surface area contributed by atoms with E-state index < -0.39 is 0 Å². The van der Waals surface area contributed by atoms with Crippen molar-refractivity contribution >= 4 is 5.91 Å². The second kappa shape index (κ2) is 9.48. The number of piperidine rings is 1. The molecule has 1 aliphatic heterocycles. The molecule has 25 heavy (non-hydrogen) atoms. The molecule has 0 saturated carbocycles. The van der Waals surface area contributed by atoms with Crippen LogP contribution in [0, 0.1) is 0 Å². The summed E-state index contributed by atoms with van der Waals surface area (Å²) < 4.78 is 21.7. The molecule has 2 N–H and O–H groups in total. The second-order valence-electron chi connectivity index (χ2n) is 5.92. The largest absolute Gasteiger partial charge is 0.493 e. The van der Waals surface area contributed by atoms with Gasteiger partial charge in [-0.05, 0) is 37.9 Å². The Morgan fingerprint density at radius 1 is 1.12 bits per heavy atom. The van der Waals surface area contributed by atoms with Gasteiger partial charge in [-0.2, -0.15) is 0 Å². The number of carbonyl (C=O) groups is 1. The van der Waals surface area contributed by atoms with Crippen LogP contribution in [0.1, 0.15) is 29.6 Å². The van der Waals surface area contributed by atoms with Crippen molar-refractivity contribution < 1.29 is 23.7 Å². The van der Waals surface area contributed by atoms with Crippen LogP contribution in [0.2, 0.25) is 0 Å². The molecule has 1 aliphatic rings. The fraction of sp³-hybridized carbons (Fsp3) is 0.611. The number of carbonyl (C=O) groups excluding carboxylic acids is 1. The lowest BCUT2D eigenvalue weighted by atomic mass is 10.1. The molecule has 1 aromatic carbocycles. The number of nitrogens with two attached hydrogens (primary N) is 1. The van der Waals surface area contributed by atoms with E-state index in [1.54, 1.807) is 12.1 Å². The van der Waals surface area contributed by atoms with Crippen LogP contribution in [0.3, 0.4) is 0 Å². The molecule has 1 heterocycles. The van der Waals surface area contributed by atoms with E-state index in [0.29, 0.717) is 49.1 Å². The third kappa shape index (κ3) is 4.76. The van der Waals surface area contributed by atoms with Crippen molar-refractivity contribution in [1.82, 2.24) is 4.90 Å². The predicted molar refractivity (Wildman–Crippen MR) is 94.6 cm³/mol. The molecule has 0 radical (unpaired) electrons. The minimum Gasteiger partial charge on any atom is -0.493 e. The van der Waals surface area contributed by atoms with Gasteiger partial charge in [-0.1, -0.05) is 0 Å². The van der Waals surface area contributed by atoms with E-state index >= 15 is 0 Å². The van der Waals surface area contributed by atoms with Crippen LogP contribution in [0.5, 0.6) is 17.2 Å². The maximum atomic E-state index is 12.8. The molecular weight excluding hydrogens is 324 g/mol. The molecule has 7 nitrogen and oxygen atoms in total. The summed E-state index contributed by atoms with van der Waals surface area (Å²) in [6.07, 6.45) is 2.74. The zero-order valence-corrected chi connectivity index (χ0v) is 15.2. The SMILES string of the molecule is COc1cc(C(=O)N2CCC(OCCCN)CC2)cc(OC)c1OC. The molecule has 0 aromatic heterocycles. The van der Waals surface area contributed by atoms with Crippen LogP contribution in [0.15, 0.2) is 12.1 Å². The van der Waals surface area contributed by atoms with Gasteiger partial charge in [-0.25, -0.2) is 0 Å². The lowest BCUT2D eigenvalue weighted by Gasteiger charge is -2.32. The minimum absolute atomic E-state index is 0.0420. The van der Waals surface area contributed by atoms with Gasteiger partial charge in [0.25, 0.3) is 5.91 Å². The van der Waals surface area contributed by atoms with Crippen LogP contribution < -0.4 is 19.9 Å². The standard InChI is InChI=1S/C18H28N2O5/c1-22-15-11-13(12-16(23-2)17(15)24-3)18(21)20-8-5-14(6-9-20)25-10-4-7-19/h11-12,14H,4-10,19H2,1-3H3. The summed E-state index contributed by atoms with van der Waals surface area (Å²) in [5.41, 5.74) is 6.00. The van der Waals surface area contributed by atoms with Crippen molar-refractivity contribution in [2.45, 2.75) is 25.4 Å². The van der Waals surface area contributed by atoms with Crippen molar-refractivity contribution in [2.24, 2.45) is 5.73 Å². The van der Waals surface area contributed by atoms with Gasteiger partial charge in [0.2, 0.25) is 5.75 Å². The highest BCUT2D eigenvalue weighted by Crippen LogP contribution is 2.38. The molecule has 1 amide bonds. The molecule has 0 bridgehead atoms. The Kier molecular flexibility index (Phi) is 7.33. The van der Waals surface area contributed by atoms with E-state index in [1.807, 2.05) is 4.90 Å². The van der Waals surface area contributed by atoms with Crippen molar-refractivity contribution in [2.75, 3.05) is 47.6 Å². The first-order valence-electron chi connectivity index (χ1n) is 8.55. The van der Waals surface area contributed by atoms with Gasteiger partial charge in [0.05, 0.1) is 27.4 Å².